The van der Waals surface area contributed by atoms with E-state index >= 15 is 0 Å². The van der Waals surface area contributed by atoms with Gasteiger partial charge < -0.3 is 19.9 Å². The Bertz CT molecular complexity index is 1070. The lowest BCUT2D eigenvalue weighted by atomic mass is 10.1. The van der Waals surface area contributed by atoms with E-state index in [1.807, 2.05) is 19.1 Å². The fraction of sp³-hybridized carbons (Fsp3) is 0.208. The Morgan fingerprint density at radius 3 is 2.28 bits per heavy atom. The van der Waals surface area contributed by atoms with Gasteiger partial charge in [-0.1, -0.05) is 57.3 Å². The molecule has 0 aliphatic carbocycles. The van der Waals surface area contributed by atoms with Crippen molar-refractivity contribution in [2.24, 2.45) is 0 Å². The molecule has 0 amide bonds. The highest BCUT2D eigenvalue weighted by Gasteiger charge is 2.13. The summed E-state index contributed by atoms with van der Waals surface area (Å²) in [6, 6.07) is 15.9. The molecule has 0 radical (unpaired) electrons. The summed E-state index contributed by atoms with van der Waals surface area (Å²) in [4.78, 5) is 11.0. The summed E-state index contributed by atoms with van der Waals surface area (Å²) >= 11 is 16.1. The second kappa shape index (κ2) is 11.6. The molecule has 0 bridgehead atoms. The topological polar surface area (TPSA) is 67.8 Å². The average molecular weight is 539 g/mol. The smallest absolute Gasteiger partial charge is 0.335 e. The molecule has 32 heavy (non-hydrogen) atoms. The fourth-order valence-electron chi connectivity index (χ4n) is 3.02. The van der Waals surface area contributed by atoms with Crippen LogP contribution in [0.1, 0.15) is 34.0 Å². The number of hydrogen-bond acceptors (Lipinski definition) is 4. The van der Waals surface area contributed by atoms with Gasteiger partial charge in [0.1, 0.15) is 6.61 Å². The van der Waals surface area contributed by atoms with Crippen LogP contribution < -0.4 is 14.8 Å². The molecule has 168 valence electrons. The number of carbonyl (C=O) groups is 1. The van der Waals surface area contributed by atoms with Crippen LogP contribution in [0.2, 0.25) is 10.0 Å². The van der Waals surface area contributed by atoms with E-state index in [-0.39, 0.29) is 12.2 Å². The standard InChI is InChI=1S/C24H22BrCl2NO4/c1-2-31-22-10-17(13-28-12-15-6-8-16(9-7-15)24(29)30)19(25)11-23(22)32-14-18-20(26)4-3-5-21(18)27/h3-11,28H,2,12-14H2,1H3,(H,29,30). The summed E-state index contributed by atoms with van der Waals surface area (Å²) in [5.74, 6) is 0.278. The maximum atomic E-state index is 11.0. The molecule has 0 saturated heterocycles. The molecule has 0 heterocycles. The Hall–Kier alpha value is -2.25. The third kappa shape index (κ3) is 6.39. The van der Waals surface area contributed by atoms with Crippen molar-refractivity contribution in [2.75, 3.05) is 6.61 Å². The van der Waals surface area contributed by atoms with Gasteiger partial charge in [-0.25, -0.2) is 4.79 Å². The number of nitrogens with one attached hydrogen (secondary N) is 1. The van der Waals surface area contributed by atoms with Crippen LogP contribution in [-0.4, -0.2) is 17.7 Å². The molecule has 0 aliphatic heterocycles. The van der Waals surface area contributed by atoms with Crippen LogP contribution in [0.3, 0.4) is 0 Å². The van der Waals surface area contributed by atoms with Crippen molar-refractivity contribution < 1.29 is 19.4 Å². The second-order valence-electron chi connectivity index (χ2n) is 6.92. The lowest BCUT2D eigenvalue weighted by molar-refractivity contribution is 0.0697. The van der Waals surface area contributed by atoms with Crippen LogP contribution in [0, 0.1) is 0 Å². The first kappa shape index (κ1) is 24.4. The monoisotopic (exact) mass is 537 g/mol. The van der Waals surface area contributed by atoms with Crippen LogP contribution in [0.5, 0.6) is 11.5 Å². The van der Waals surface area contributed by atoms with E-state index in [4.69, 9.17) is 37.8 Å². The lowest BCUT2D eigenvalue weighted by Gasteiger charge is -2.16. The molecule has 5 nitrogen and oxygen atoms in total. The van der Waals surface area contributed by atoms with Crippen LogP contribution in [0.25, 0.3) is 0 Å². The molecule has 0 atom stereocenters. The molecule has 0 fully saturated rings. The molecular formula is C24H22BrCl2NO4. The normalized spacial score (nSPS) is 10.8. The zero-order chi connectivity index (χ0) is 23.1. The van der Waals surface area contributed by atoms with Crippen molar-refractivity contribution in [1.29, 1.82) is 0 Å². The van der Waals surface area contributed by atoms with Crippen molar-refractivity contribution in [2.45, 2.75) is 26.6 Å². The number of carboxylic acid groups (broad SMARTS) is 1. The molecular weight excluding hydrogens is 517 g/mol. The van der Waals surface area contributed by atoms with E-state index in [9.17, 15) is 4.79 Å². The number of carboxylic acids is 1. The summed E-state index contributed by atoms with van der Waals surface area (Å²) in [6.45, 7) is 3.80. The quantitative estimate of drug-likeness (QED) is 0.300. The number of hydrogen-bond donors (Lipinski definition) is 2. The molecule has 0 spiro atoms. The molecule has 2 N–H and O–H groups in total. The maximum Gasteiger partial charge on any atom is 0.335 e. The summed E-state index contributed by atoms with van der Waals surface area (Å²) in [5.41, 5.74) is 2.98. The third-order valence-electron chi connectivity index (χ3n) is 4.69. The number of halogens is 3. The van der Waals surface area contributed by atoms with Crippen LogP contribution in [0.15, 0.2) is 59.1 Å². The SMILES string of the molecule is CCOc1cc(CNCc2ccc(C(=O)O)cc2)c(Br)cc1OCc1c(Cl)cccc1Cl. The zero-order valence-corrected chi connectivity index (χ0v) is 20.4. The van der Waals surface area contributed by atoms with E-state index < -0.39 is 5.97 Å². The highest BCUT2D eigenvalue weighted by atomic mass is 79.9. The van der Waals surface area contributed by atoms with E-state index in [0.29, 0.717) is 46.8 Å². The molecule has 3 aromatic carbocycles. The van der Waals surface area contributed by atoms with Gasteiger partial charge >= 0.3 is 5.97 Å². The largest absolute Gasteiger partial charge is 0.490 e. The Morgan fingerprint density at radius 2 is 1.66 bits per heavy atom. The van der Waals surface area contributed by atoms with Crippen molar-refractivity contribution in [1.82, 2.24) is 5.32 Å². The number of aromatic carboxylic acids is 1. The predicted molar refractivity (Wildman–Crippen MR) is 130 cm³/mol. The number of ether oxygens (including phenoxy) is 2. The van der Waals surface area contributed by atoms with E-state index in [2.05, 4.69) is 21.2 Å². The minimum absolute atomic E-state index is 0.217. The molecule has 3 rings (SSSR count). The van der Waals surface area contributed by atoms with E-state index in [1.54, 1.807) is 42.5 Å². The average Bonchev–Trinajstić information content (AvgIpc) is 2.76. The summed E-state index contributed by atoms with van der Waals surface area (Å²) in [7, 11) is 0. The lowest BCUT2D eigenvalue weighted by Crippen LogP contribution is -2.13. The third-order valence-corrected chi connectivity index (χ3v) is 6.14. The Balaban J connectivity index is 1.68. The van der Waals surface area contributed by atoms with Gasteiger partial charge in [0.25, 0.3) is 0 Å². The minimum Gasteiger partial charge on any atom is -0.490 e. The summed E-state index contributed by atoms with van der Waals surface area (Å²) in [5, 5.41) is 13.5. The van der Waals surface area contributed by atoms with Gasteiger partial charge in [-0.15, -0.1) is 0 Å². The van der Waals surface area contributed by atoms with Crippen LogP contribution in [0.4, 0.5) is 0 Å². The zero-order valence-electron chi connectivity index (χ0n) is 17.3. The van der Waals surface area contributed by atoms with Crippen molar-refractivity contribution in [3.05, 3.63) is 91.4 Å². The van der Waals surface area contributed by atoms with Gasteiger partial charge in [0, 0.05) is 33.2 Å². The van der Waals surface area contributed by atoms with Crippen molar-refractivity contribution in [3.8, 4) is 11.5 Å². The van der Waals surface area contributed by atoms with Gasteiger partial charge in [-0.2, -0.15) is 0 Å². The number of rotatable bonds is 10. The van der Waals surface area contributed by atoms with E-state index in [1.165, 1.54) is 0 Å². The summed E-state index contributed by atoms with van der Waals surface area (Å²) < 4.78 is 12.6. The van der Waals surface area contributed by atoms with Gasteiger partial charge in [-0.3, -0.25) is 0 Å². The Kier molecular flexibility index (Phi) is 8.82. The molecule has 0 unspecified atom stereocenters. The maximum absolute atomic E-state index is 11.0. The second-order valence-corrected chi connectivity index (χ2v) is 8.59. The molecule has 8 heteroatoms. The van der Waals surface area contributed by atoms with Gasteiger partial charge in [0.15, 0.2) is 11.5 Å². The van der Waals surface area contributed by atoms with Crippen LogP contribution in [-0.2, 0) is 19.7 Å². The first-order valence-corrected chi connectivity index (χ1v) is 11.5. The van der Waals surface area contributed by atoms with Gasteiger partial charge in [-0.05, 0) is 54.4 Å². The minimum atomic E-state index is -0.934. The first-order chi connectivity index (χ1) is 15.4. The van der Waals surface area contributed by atoms with E-state index in [0.717, 1.165) is 15.6 Å². The Labute approximate surface area is 205 Å². The van der Waals surface area contributed by atoms with Gasteiger partial charge in [0.05, 0.1) is 12.2 Å². The summed E-state index contributed by atoms with van der Waals surface area (Å²) in [6.07, 6.45) is 0. The Morgan fingerprint density at radius 1 is 1.00 bits per heavy atom. The van der Waals surface area contributed by atoms with Crippen molar-refractivity contribution >= 4 is 45.1 Å². The van der Waals surface area contributed by atoms with Gasteiger partial charge in [0.2, 0.25) is 0 Å². The highest BCUT2D eigenvalue weighted by Crippen LogP contribution is 2.35. The fourth-order valence-corrected chi connectivity index (χ4v) is 3.99. The number of benzene rings is 3. The molecule has 0 aliphatic rings. The van der Waals surface area contributed by atoms with Crippen LogP contribution >= 0.6 is 39.1 Å². The van der Waals surface area contributed by atoms with Crippen molar-refractivity contribution in [3.63, 3.8) is 0 Å². The molecule has 3 aromatic rings. The predicted octanol–water partition coefficient (Wildman–Crippen LogP) is 6.72. The first-order valence-electron chi connectivity index (χ1n) is 9.93. The highest BCUT2D eigenvalue weighted by molar-refractivity contribution is 9.10. The molecule has 0 saturated carbocycles. The molecule has 0 aromatic heterocycles.